The van der Waals surface area contributed by atoms with Crippen molar-refractivity contribution in [2.24, 2.45) is 5.14 Å². The van der Waals surface area contributed by atoms with Crippen molar-refractivity contribution >= 4 is 27.1 Å². The SMILES string of the molecule is CC(C)Oc1ccc(CN(c2nc3cc(S(N)(=O)=O)ccc3o2)C2CCNCC2)cc1OC(C)C. The number of nitrogens with zero attached hydrogens (tertiary/aromatic N) is 2. The van der Waals surface area contributed by atoms with Gasteiger partial charge in [-0.25, -0.2) is 13.6 Å². The van der Waals surface area contributed by atoms with Crippen molar-refractivity contribution in [3.8, 4) is 11.5 Å². The minimum absolute atomic E-state index is 0.00495. The fourth-order valence-electron chi connectivity index (χ4n) is 4.21. The first-order valence-corrected chi connectivity index (χ1v) is 13.5. The molecule has 190 valence electrons. The number of fused-ring (bicyclic) bond motifs is 1. The minimum atomic E-state index is -3.83. The number of primary sulfonamides is 1. The molecule has 1 aromatic heterocycles. The summed E-state index contributed by atoms with van der Waals surface area (Å²) in [6.45, 7) is 10.3. The number of ether oxygens (including phenoxy) is 2. The minimum Gasteiger partial charge on any atom is -0.487 e. The van der Waals surface area contributed by atoms with E-state index in [-0.39, 0.29) is 23.1 Å². The molecule has 0 aliphatic carbocycles. The lowest BCUT2D eigenvalue weighted by molar-refractivity contribution is 0.198. The topological polar surface area (TPSA) is 120 Å². The molecule has 0 atom stereocenters. The van der Waals surface area contributed by atoms with Gasteiger partial charge in [0.25, 0.3) is 6.01 Å². The molecule has 2 aromatic carbocycles. The number of anilines is 1. The van der Waals surface area contributed by atoms with E-state index in [1.54, 1.807) is 6.07 Å². The Morgan fingerprint density at radius 2 is 1.74 bits per heavy atom. The van der Waals surface area contributed by atoms with Crippen LogP contribution in [-0.4, -0.2) is 44.7 Å². The Hall–Kier alpha value is -2.82. The predicted molar refractivity (Wildman–Crippen MR) is 135 cm³/mol. The molecule has 0 spiro atoms. The van der Waals surface area contributed by atoms with Crippen LogP contribution in [0.25, 0.3) is 11.1 Å². The summed E-state index contributed by atoms with van der Waals surface area (Å²) in [5, 5.41) is 8.70. The van der Waals surface area contributed by atoms with E-state index in [1.807, 2.05) is 45.9 Å². The van der Waals surface area contributed by atoms with Crippen LogP contribution in [0.1, 0.15) is 46.1 Å². The summed E-state index contributed by atoms with van der Waals surface area (Å²) in [5.41, 5.74) is 1.99. The Balaban J connectivity index is 1.70. The summed E-state index contributed by atoms with van der Waals surface area (Å²) in [6.07, 6.45) is 1.91. The quantitative estimate of drug-likeness (QED) is 0.453. The van der Waals surface area contributed by atoms with Crippen LogP contribution in [0.4, 0.5) is 6.01 Å². The number of hydrogen-bond donors (Lipinski definition) is 2. The van der Waals surface area contributed by atoms with Crippen LogP contribution in [-0.2, 0) is 16.6 Å². The van der Waals surface area contributed by atoms with Crippen LogP contribution in [0.5, 0.6) is 11.5 Å². The molecule has 9 nitrogen and oxygen atoms in total. The van der Waals surface area contributed by atoms with Gasteiger partial charge in [0.2, 0.25) is 10.0 Å². The number of benzene rings is 2. The Morgan fingerprint density at radius 1 is 1.06 bits per heavy atom. The maximum atomic E-state index is 11.8. The van der Waals surface area contributed by atoms with Crippen molar-refractivity contribution < 1.29 is 22.3 Å². The van der Waals surface area contributed by atoms with E-state index in [0.717, 1.165) is 31.5 Å². The Morgan fingerprint density at radius 3 is 2.40 bits per heavy atom. The van der Waals surface area contributed by atoms with Crippen molar-refractivity contribution in [1.29, 1.82) is 0 Å². The molecule has 1 aliphatic rings. The highest BCUT2D eigenvalue weighted by Gasteiger charge is 2.26. The summed E-state index contributed by atoms with van der Waals surface area (Å²) in [4.78, 5) is 6.81. The lowest BCUT2D eigenvalue weighted by atomic mass is 10.0. The van der Waals surface area contributed by atoms with Gasteiger partial charge in [0.15, 0.2) is 17.1 Å². The van der Waals surface area contributed by atoms with Gasteiger partial charge in [0.1, 0.15) is 5.52 Å². The van der Waals surface area contributed by atoms with Crippen molar-refractivity contribution in [2.45, 2.75) is 70.2 Å². The van der Waals surface area contributed by atoms with E-state index in [0.29, 0.717) is 35.2 Å². The summed E-state index contributed by atoms with van der Waals surface area (Å²) in [6, 6.07) is 11.1. The third kappa shape index (κ3) is 6.25. The zero-order valence-corrected chi connectivity index (χ0v) is 21.5. The summed E-state index contributed by atoms with van der Waals surface area (Å²) < 4.78 is 41.7. The average Bonchev–Trinajstić information content (AvgIpc) is 3.21. The van der Waals surface area contributed by atoms with Crippen LogP contribution < -0.4 is 24.8 Å². The number of piperidine rings is 1. The standard InChI is InChI=1S/C25H34N4O5S/c1-16(2)32-23-7-5-18(13-24(23)33-17(3)4)15-29(19-9-11-27-12-10-19)25-28-21-14-20(35(26,30)31)6-8-22(21)34-25/h5-8,13-14,16-17,19,27H,9-12,15H2,1-4H3,(H2,26,30,31). The first-order valence-electron chi connectivity index (χ1n) is 12.0. The molecule has 0 saturated carbocycles. The number of sulfonamides is 1. The molecule has 35 heavy (non-hydrogen) atoms. The monoisotopic (exact) mass is 502 g/mol. The van der Waals surface area contributed by atoms with Crippen molar-refractivity contribution in [3.63, 3.8) is 0 Å². The van der Waals surface area contributed by atoms with Gasteiger partial charge >= 0.3 is 0 Å². The lowest BCUT2D eigenvalue weighted by Gasteiger charge is -2.33. The van der Waals surface area contributed by atoms with Gasteiger partial charge in [-0.2, -0.15) is 4.98 Å². The molecule has 0 radical (unpaired) electrons. The van der Waals surface area contributed by atoms with Crippen LogP contribution in [0.15, 0.2) is 45.7 Å². The van der Waals surface area contributed by atoms with Crippen molar-refractivity contribution in [2.75, 3.05) is 18.0 Å². The predicted octanol–water partition coefficient (Wildman–Crippen LogP) is 3.81. The number of oxazole rings is 1. The highest BCUT2D eigenvalue weighted by atomic mass is 32.2. The molecule has 0 unspecified atom stereocenters. The van der Waals surface area contributed by atoms with Crippen molar-refractivity contribution in [1.82, 2.24) is 10.3 Å². The number of nitrogens with two attached hydrogens (primary N) is 1. The van der Waals surface area contributed by atoms with Gasteiger partial charge in [-0.05, 0) is 89.5 Å². The second-order valence-electron chi connectivity index (χ2n) is 9.39. The van der Waals surface area contributed by atoms with Crippen LogP contribution >= 0.6 is 0 Å². The maximum absolute atomic E-state index is 11.8. The Kier molecular flexibility index (Phi) is 7.53. The van der Waals surface area contributed by atoms with Crippen LogP contribution in [0, 0.1) is 0 Å². The normalized spacial score (nSPS) is 15.2. The molecule has 10 heteroatoms. The van der Waals surface area contributed by atoms with E-state index in [4.69, 9.17) is 19.0 Å². The van der Waals surface area contributed by atoms with Crippen molar-refractivity contribution in [3.05, 3.63) is 42.0 Å². The first-order chi connectivity index (χ1) is 16.6. The molecule has 3 aromatic rings. The number of rotatable bonds is 9. The van der Waals surface area contributed by atoms with E-state index >= 15 is 0 Å². The number of nitrogens with one attached hydrogen (secondary N) is 1. The molecule has 1 aliphatic heterocycles. The highest BCUT2D eigenvalue weighted by molar-refractivity contribution is 7.89. The van der Waals surface area contributed by atoms with E-state index in [9.17, 15) is 8.42 Å². The zero-order chi connectivity index (χ0) is 25.2. The average molecular weight is 503 g/mol. The zero-order valence-electron chi connectivity index (χ0n) is 20.7. The molecule has 0 bridgehead atoms. The van der Waals surface area contributed by atoms with Crippen LogP contribution in [0.2, 0.25) is 0 Å². The van der Waals surface area contributed by atoms with Gasteiger partial charge in [0.05, 0.1) is 17.1 Å². The number of hydrogen-bond acceptors (Lipinski definition) is 8. The Labute approximate surface area is 206 Å². The third-order valence-electron chi connectivity index (χ3n) is 5.76. The fourth-order valence-corrected chi connectivity index (χ4v) is 4.74. The van der Waals surface area contributed by atoms with Gasteiger partial charge in [-0.3, -0.25) is 0 Å². The maximum Gasteiger partial charge on any atom is 0.298 e. The largest absolute Gasteiger partial charge is 0.487 e. The lowest BCUT2D eigenvalue weighted by Crippen LogP contribution is -2.43. The molecule has 1 fully saturated rings. The molecule has 3 N–H and O–H groups in total. The van der Waals surface area contributed by atoms with E-state index < -0.39 is 10.0 Å². The molecular weight excluding hydrogens is 468 g/mol. The molecule has 0 amide bonds. The Bertz CT molecular complexity index is 1270. The highest BCUT2D eigenvalue weighted by Crippen LogP contribution is 2.33. The molecule has 1 saturated heterocycles. The van der Waals surface area contributed by atoms with Gasteiger partial charge in [-0.15, -0.1) is 0 Å². The first kappa shape index (κ1) is 25.3. The van der Waals surface area contributed by atoms with E-state index in [2.05, 4.69) is 15.2 Å². The second-order valence-corrected chi connectivity index (χ2v) is 11.0. The summed E-state index contributed by atoms with van der Waals surface area (Å²) in [7, 11) is -3.83. The summed E-state index contributed by atoms with van der Waals surface area (Å²) >= 11 is 0. The van der Waals surface area contributed by atoms with Gasteiger partial charge in [0, 0.05) is 12.6 Å². The van der Waals surface area contributed by atoms with Crippen LogP contribution in [0.3, 0.4) is 0 Å². The fraction of sp³-hybridized carbons (Fsp3) is 0.480. The number of aromatic nitrogens is 1. The third-order valence-corrected chi connectivity index (χ3v) is 6.67. The smallest absolute Gasteiger partial charge is 0.298 e. The van der Waals surface area contributed by atoms with Gasteiger partial charge < -0.3 is 24.1 Å². The van der Waals surface area contributed by atoms with E-state index in [1.165, 1.54) is 12.1 Å². The molecule has 4 rings (SSSR count). The second kappa shape index (κ2) is 10.4. The molecule has 2 heterocycles. The molecular formula is C25H34N4O5S. The van der Waals surface area contributed by atoms with Gasteiger partial charge in [-0.1, -0.05) is 6.07 Å². The summed E-state index contributed by atoms with van der Waals surface area (Å²) in [5.74, 6) is 1.41.